The summed E-state index contributed by atoms with van der Waals surface area (Å²) in [4.78, 5) is 8.90. The van der Waals surface area contributed by atoms with Crippen molar-refractivity contribution in [3.05, 3.63) is 53.7 Å². The predicted molar refractivity (Wildman–Crippen MR) is 138 cm³/mol. The fourth-order valence-electron chi connectivity index (χ4n) is 5.96. The first-order valence-electron chi connectivity index (χ1n) is 13.2. The smallest absolute Gasteiger partial charge is 0.242 e. The molecule has 7 nitrogen and oxygen atoms in total. The molecule has 1 N–H and O–H groups in total. The molecular formula is C27H36F2N4O3S. The first kappa shape index (κ1) is 26.5. The van der Waals surface area contributed by atoms with Gasteiger partial charge in [-0.1, -0.05) is 0 Å². The molecule has 0 atom stereocenters. The van der Waals surface area contributed by atoms with Crippen LogP contribution in [0.15, 0.2) is 41.4 Å². The normalized spacial score (nSPS) is 24.2. The molecule has 1 aromatic heterocycles. The van der Waals surface area contributed by atoms with Crippen LogP contribution in [0.5, 0.6) is 0 Å². The number of nitrogens with zero attached hydrogens (tertiary/aromatic N) is 3. The highest BCUT2D eigenvalue weighted by molar-refractivity contribution is 7.89. The van der Waals surface area contributed by atoms with E-state index in [-0.39, 0.29) is 17.0 Å². The number of aromatic nitrogens is 1. The Labute approximate surface area is 218 Å². The van der Waals surface area contributed by atoms with E-state index in [4.69, 9.17) is 4.74 Å². The zero-order chi connectivity index (χ0) is 26.0. The maximum atomic E-state index is 14.0. The molecule has 1 aliphatic carbocycles. The number of hydrogen-bond donors (Lipinski definition) is 1. The number of piperidine rings is 1. The molecule has 5 rings (SSSR count). The second kappa shape index (κ2) is 10.9. The Balaban J connectivity index is 1.12. The first-order chi connectivity index (χ1) is 17.7. The van der Waals surface area contributed by atoms with Gasteiger partial charge < -0.3 is 9.64 Å². The van der Waals surface area contributed by atoms with Crippen LogP contribution >= 0.6 is 0 Å². The summed E-state index contributed by atoms with van der Waals surface area (Å²) in [5.41, 5.74) is 0.644. The molecule has 10 heteroatoms. The standard InChI is InChI=1S/C27H36F2N4O3S/c1-32(18-20-16-21(28)2-8-25(20)29)23-5-3-22(4-6-23)31-37(34,35)24-7-9-26(30-17-24)33-13-10-27(11-14-33)12-15-36-19-27/h2,7-9,16-17,22-23,31H,3-6,10-15,18-19H2,1H3. The lowest BCUT2D eigenvalue weighted by Gasteiger charge is -2.38. The zero-order valence-corrected chi connectivity index (χ0v) is 22.2. The second-order valence-electron chi connectivity index (χ2n) is 10.9. The fourth-order valence-corrected chi connectivity index (χ4v) is 7.21. The average Bonchev–Trinajstić information content (AvgIpc) is 3.35. The van der Waals surface area contributed by atoms with Gasteiger partial charge in [-0.05, 0) is 87.7 Å². The summed E-state index contributed by atoms with van der Waals surface area (Å²) >= 11 is 0. The van der Waals surface area contributed by atoms with Crippen LogP contribution in [0.4, 0.5) is 14.6 Å². The number of halogens is 2. The average molecular weight is 535 g/mol. The maximum Gasteiger partial charge on any atom is 0.242 e. The number of benzene rings is 1. The summed E-state index contributed by atoms with van der Waals surface area (Å²) in [7, 11) is -1.78. The van der Waals surface area contributed by atoms with Gasteiger partial charge >= 0.3 is 0 Å². The largest absolute Gasteiger partial charge is 0.381 e. The number of hydrogen-bond acceptors (Lipinski definition) is 6. The third kappa shape index (κ3) is 6.13. The second-order valence-corrected chi connectivity index (χ2v) is 12.6. The molecule has 3 fully saturated rings. The van der Waals surface area contributed by atoms with Gasteiger partial charge in [-0.25, -0.2) is 26.9 Å². The van der Waals surface area contributed by atoms with Gasteiger partial charge in [0.25, 0.3) is 0 Å². The molecule has 3 aliphatic rings. The van der Waals surface area contributed by atoms with Gasteiger partial charge in [-0.15, -0.1) is 0 Å². The van der Waals surface area contributed by atoms with Gasteiger partial charge in [0.05, 0.1) is 6.61 Å². The van der Waals surface area contributed by atoms with Crippen LogP contribution in [0.3, 0.4) is 0 Å². The lowest BCUT2D eigenvalue weighted by atomic mass is 9.78. The lowest BCUT2D eigenvalue weighted by molar-refractivity contribution is 0.133. The molecule has 1 saturated carbocycles. The SMILES string of the molecule is CN(Cc1cc(F)ccc1F)C1CCC(NS(=O)(=O)c2ccc(N3CCC4(CCOC4)CC3)nc2)CC1. The first-order valence-corrected chi connectivity index (χ1v) is 14.7. The number of pyridine rings is 1. The minimum absolute atomic E-state index is 0.160. The van der Waals surface area contributed by atoms with E-state index in [2.05, 4.69) is 14.6 Å². The maximum absolute atomic E-state index is 14.0. The van der Waals surface area contributed by atoms with Crippen LogP contribution in [0.25, 0.3) is 0 Å². The van der Waals surface area contributed by atoms with Crippen molar-refractivity contribution in [3.63, 3.8) is 0 Å². The van der Waals surface area contributed by atoms with Gasteiger partial charge in [-0.2, -0.15) is 0 Å². The van der Waals surface area contributed by atoms with Crippen LogP contribution in [-0.4, -0.2) is 63.7 Å². The Morgan fingerprint density at radius 1 is 1.11 bits per heavy atom. The van der Waals surface area contributed by atoms with Gasteiger partial charge in [-0.3, -0.25) is 4.90 Å². The Morgan fingerprint density at radius 2 is 1.86 bits per heavy atom. The molecule has 1 spiro atoms. The van der Waals surface area contributed by atoms with Gasteiger partial charge in [0.1, 0.15) is 22.3 Å². The monoisotopic (exact) mass is 534 g/mol. The van der Waals surface area contributed by atoms with E-state index in [9.17, 15) is 17.2 Å². The summed E-state index contributed by atoms with van der Waals surface area (Å²) in [6.45, 7) is 3.83. The van der Waals surface area contributed by atoms with Crippen LogP contribution in [0.1, 0.15) is 50.5 Å². The number of sulfonamides is 1. The zero-order valence-electron chi connectivity index (χ0n) is 21.3. The summed E-state index contributed by atoms with van der Waals surface area (Å²) in [5.74, 6) is -0.0538. The van der Waals surface area contributed by atoms with E-state index in [1.807, 2.05) is 11.9 Å². The Hall–Kier alpha value is -2.14. The molecule has 2 aliphatic heterocycles. The summed E-state index contributed by atoms with van der Waals surface area (Å²) in [5, 5.41) is 0. The molecule has 202 valence electrons. The van der Waals surface area contributed by atoms with E-state index < -0.39 is 21.7 Å². The molecule has 0 amide bonds. The van der Waals surface area contributed by atoms with E-state index >= 15 is 0 Å². The van der Waals surface area contributed by atoms with Crippen molar-refractivity contribution in [2.24, 2.45) is 5.41 Å². The van der Waals surface area contributed by atoms with Crippen molar-refractivity contribution in [1.82, 2.24) is 14.6 Å². The number of nitrogens with one attached hydrogen (secondary N) is 1. The molecule has 37 heavy (non-hydrogen) atoms. The van der Waals surface area contributed by atoms with Crippen molar-refractivity contribution in [1.29, 1.82) is 0 Å². The molecule has 1 aromatic carbocycles. The van der Waals surface area contributed by atoms with Crippen LogP contribution in [0.2, 0.25) is 0 Å². The van der Waals surface area contributed by atoms with E-state index in [1.165, 1.54) is 12.3 Å². The molecule has 3 heterocycles. The van der Waals surface area contributed by atoms with Crippen molar-refractivity contribution in [3.8, 4) is 0 Å². The minimum atomic E-state index is -3.67. The quantitative estimate of drug-likeness (QED) is 0.577. The predicted octanol–water partition coefficient (Wildman–Crippen LogP) is 4.09. The van der Waals surface area contributed by atoms with Crippen molar-refractivity contribution in [2.45, 2.75) is 68.5 Å². The van der Waals surface area contributed by atoms with Crippen LogP contribution in [-0.2, 0) is 21.3 Å². The third-order valence-corrected chi connectivity index (χ3v) is 9.94. The highest BCUT2D eigenvalue weighted by Gasteiger charge is 2.38. The molecule has 2 aromatic rings. The van der Waals surface area contributed by atoms with Gasteiger partial charge in [0.2, 0.25) is 10.0 Å². The highest BCUT2D eigenvalue weighted by Crippen LogP contribution is 2.39. The molecule has 0 radical (unpaired) electrons. The molecule has 0 unspecified atom stereocenters. The Kier molecular flexibility index (Phi) is 7.81. The van der Waals surface area contributed by atoms with Gasteiger partial charge in [0, 0.05) is 50.1 Å². The van der Waals surface area contributed by atoms with Crippen molar-refractivity contribution < 1.29 is 21.9 Å². The number of anilines is 1. The highest BCUT2D eigenvalue weighted by atomic mass is 32.2. The summed E-state index contributed by atoms with van der Waals surface area (Å²) in [6.07, 6.45) is 7.65. The topological polar surface area (TPSA) is 74.8 Å². The number of rotatable bonds is 7. The van der Waals surface area contributed by atoms with E-state index in [0.717, 1.165) is 76.4 Å². The Morgan fingerprint density at radius 3 is 2.51 bits per heavy atom. The van der Waals surface area contributed by atoms with Gasteiger partial charge in [0.15, 0.2) is 0 Å². The number of ether oxygens (including phenoxy) is 1. The summed E-state index contributed by atoms with van der Waals surface area (Å²) < 4.78 is 62.0. The third-order valence-electron chi connectivity index (χ3n) is 8.43. The molecular weight excluding hydrogens is 498 g/mol. The van der Waals surface area contributed by atoms with E-state index in [0.29, 0.717) is 30.4 Å². The van der Waals surface area contributed by atoms with Crippen LogP contribution in [0, 0.1) is 17.0 Å². The molecule has 0 bridgehead atoms. The van der Waals surface area contributed by atoms with Crippen molar-refractivity contribution >= 4 is 15.8 Å². The van der Waals surface area contributed by atoms with Crippen molar-refractivity contribution in [2.75, 3.05) is 38.3 Å². The van der Waals surface area contributed by atoms with Crippen LogP contribution < -0.4 is 9.62 Å². The summed E-state index contributed by atoms with van der Waals surface area (Å²) in [6, 6.07) is 6.97. The van der Waals surface area contributed by atoms with E-state index in [1.54, 1.807) is 12.1 Å². The lowest BCUT2D eigenvalue weighted by Crippen LogP contribution is -2.42. The minimum Gasteiger partial charge on any atom is -0.381 e. The fraction of sp³-hybridized carbons (Fsp3) is 0.593. The Bertz CT molecular complexity index is 1170. The molecule has 2 saturated heterocycles.